The fraction of sp³-hybridized carbons (Fsp3) is 0.429. The highest BCUT2D eigenvalue weighted by molar-refractivity contribution is 5.80. The molecule has 0 saturated heterocycles. The molecule has 1 aromatic rings. The zero-order valence-corrected chi connectivity index (χ0v) is 12.6. The number of carbonyl (C=O) groups is 2. The third kappa shape index (κ3) is 5.47. The number of para-hydroxylation sites is 1. The molecule has 1 rings (SSSR count). The van der Waals surface area contributed by atoms with Crippen LogP contribution in [0.25, 0.3) is 0 Å². The molecule has 7 nitrogen and oxygen atoms in total. The molecular formula is C14H19FN2O5. The van der Waals surface area contributed by atoms with Gasteiger partial charge in [-0.25, -0.2) is 14.0 Å². The third-order valence-electron chi connectivity index (χ3n) is 2.38. The van der Waals surface area contributed by atoms with Crippen molar-refractivity contribution in [3.05, 3.63) is 24.0 Å². The minimum absolute atomic E-state index is 0.0291. The van der Waals surface area contributed by atoms with Crippen LogP contribution in [0.4, 0.5) is 14.9 Å². The van der Waals surface area contributed by atoms with Gasteiger partial charge in [-0.1, -0.05) is 6.07 Å². The van der Waals surface area contributed by atoms with E-state index >= 15 is 0 Å². The number of amides is 1. The number of rotatable bonds is 5. The molecule has 1 atom stereocenters. The summed E-state index contributed by atoms with van der Waals surface area (Å²) in [6.45, 7) is 4.41. The van der Waals surface area contributed by atoms with Crippen LogP contribution in [0, 0.1) is 5.82 Å². The Morgan fingerprint density at radius 1 is 1.41 bits per heavy atom. The van der Waals surface area contributed by atoms with Gasteiger partial charge in [0.25, 0.3) is 0 Å². The number of nitrogen functional groups attached to an aromatic ring is 1. The Bertz CT molecular complexity index is 536. The van der Waals surface area contributed by atoms with E-state index in [2.05, 4.69) is 5.32 Å². The topological polar surface area (TPSA) is 111 Å². The van der Waals surface area contributed by atoms with Gasteiger partial charge >= 0.3 is 12.1 Å². The van der Waals surface area contributed by atoms with Gasteiger partial charge in [0.1, 0.15) is 12.2 Å². The zero-order chi connectivity index (χ0) is 16.9. The Morgan fingerprint density at radius 3 is 2.55 bits per heavy atom. The molecule has 0 fully saturated rings. The molecule has 0 saturated carbocycles. The number of aliphatic carboxylic acids is 1. The predicted octanol–water partition coefficient (Wildman–Crippen LogP) is 1.76. The van der Waals surface area contributed by atoms with Crippen LogP contribution in [0.15, 0.2) is 18.2 Å². The highest BCUT2D eigenvalue weighted by Crippen LogP contribution is 2.24. The number of carbonyl (C=O) groups excluding carboxylic acids is 1. The largest absolute Gasteiger partial charge is 0.486 e. The Kier molecular flexibility index (Phi) is 5.56. The molecule has 0 unspecified atom stereocenters. The normalized spacial score (nSPS) is 12.4. The van der Waals surface area contributed by atoms with Crippen LogP contribution in [-0.2, 0) is 9.53 Å². The van der Waals surface area contributed by atoms with Gasteiger partial charge in [0.2, 0.25) is 0 Å². The first-order valence-corrected chi connectivity index (χ1v) is 6.49. The molecular weight excluding hydrogens is 295 g/mol. The number of hydrogen-bond acceptors (Lipinski definition) is 5. The second kappa shape index (κ2) is 6.97. The lowest BCUT2D eigenvalue weighted by Crippen LogP contribution is -2.46. The number of halogens is 1. The minimum atomic E-state index is -1.41. The van der Waals surface area contributed by atoms with Gasteiger partial charge in [-0.05, 0) is 32.9 Å². The number of carboxylic acid groups (broad SMARTS) is 1. The van der Waals surface area contributed by atoms with Crippen LogP contribution in [0.2, 0.25) is 0 Å². The van der Waals surface area contributed by atoms with Crippen LogP contribution in [0.3, 0.4) is 0 Å². The number of benzene rings is 1. The van der Waals surface area contributed by atoms with Gasteiger partial charge < -0.3 is 25.6 Å². The molecule has 0 aromatic heterocycles. The fourth-order valence-electron chi connectivity index (χ4n) is 1.47. The molecule has 4 N–H and O–H groups in total. The molecule has 22 heavy (non-hydrogen) atoms. The van der Waals surface area contributed by atoms with Crippen molar-refractivity contribution < 1.29 is 28.6 Å². The van der Waals surface area contributed by atoms with Crippen molar-refractivity contribution in [3.63, 3.8) is 0 Å². The van der Waals surface area contributed by atoms with Crippen LogP contribution in [-0.4, -0.2) is 35.4 Å². The maximum Gasteiger partial charge on any atom is 0.408 e. The first-order chi connectivity index (χ1) is 10.1. The number of hydrogen-bond donors (Lipinski definition) is 3. The van der Waals surface area contributed by atoms with Crippen LogP contribution < -0.4 is 15.8 Å². The lowest BCUT2D eigenvalue weighted by Gasteiger charge is -2.22. The van der Waals surface area contributed by atoms with E-state index in [1.165, 1.54) is 12.1 Å². The lowest BCUT2D eigenvalue weighted by molar-refractivity contribution is -0.140. The van der Waals surface area contributed by atoms with E-state index in [0.29, 0.717) is 0 Å². The summed E-state index contributed by atoms with van der Waals surface area (Å²) in [7, 11) is 0. The second-order valence-corrected chi connectivity index (χ2v) is 5.51. The molecule has 0 aliphatic heterocycles. The van der Waals surface area contributed by atoms with E-state index in [0.717, 1.165) is 6.07 Å². The number of anilines is 1. The van der Waals surface area contributed by atoms with Crippen molar-refractivity contribution >= 4 is 17.7 Å². The molecule has 0 aliphatic carbocycles. The summed E-state index contributed by atoms with van der Waals surface area (Å²) in [4.78, 5) is 22.7. The van der Waals surface area contributed by atoms with Crippen molar-refractivity contribution in [3.8, 4) is 5.75 Å². The molecule has 0 bridgehead atoms. The standard InChI is InChI=1S/C14H19FN2O5/c1-14(2,3)22-13(20)17-10(12(18)19)7-21-11-8(15)5-4-6-9(11)16/h4-6,10H,7,16H2,1-3H3,(H,17,20)(H,18,19)/t10-/m0/s1. The molecule has 0 heterocycles. The van der Waals surface area contributed by atoms with Gasteiger partial charge in [0.15, 0.2) is 17.6 Å². The molecule has 1 amide bonds. The monoisotopic (exact) mass is 314 g/mol. The first-order valence-electron chi connectivity index (χ1n) is 6.49. The summed E-state index contributed by atoms with van der Waals surface area (Å²) >= 11 is 0. The summed E-state index contributed by atoms with van der Waals surface area (Å²) < 4.78 is 23.5. The van der Waals surface area contributed by atoms with Gasteiger partial charge in [0, 0.05) is 0 Å². The smallest absolute Gasteiger partial charge is 0.408 e. The second-order valence-electron chi connectivity index (χ2n) is 5.51. The minimum Gasteiger partial charge on any atom is -0.486 e. The van der Waals surface area contributed by atoms with E-state index in [-0.39, 0.29) is 11.4 Å². The number of nitrogens with two attached hydrogens (primary N) is 1. The van der Waals surface area contributed by atoms with E-state index in [4.69, 9.17) is 20.3 Å². The average molecular weight is 314 g/mol. The van der Waals surface area contributed by atoms with E-state index in [1.807, 2.05) is 0 Å². The number of ether oxygens (including phenoxy) is 2. The third-order valence-corrected chi connectivity index (χ3v) is 2.38. The van der Waals surface area contributed by atoms with E-state index in [9.17, 15) is 14.0 Å². The SMILES string of the molecule is CC(C)(C)OC(=O)N[C@@H](COc1c(N)cccc1F)C(=O)O. The summed E-state index contributed by atoms with van der Waals surface area (Å²) in [5, 5.41) is 11.2. The summed E-state index contributed by atoms with van der Waals surface area (Å²) in [5.74, 6) is -2.33. The molecule has 1 aromatic carbocycles. The number of alkyl carbamates (subject to hydrolysis) is 1. The number of carboxylic acids is 1. The maximum atomic E-state index is 13.5. The lowest BCUT2D eigenvalue weighted by atomic mass is 10.2. The van der Waals surface area contributed by atoms with Crippen molar-refractivity contribution in [1.29, 1.82) is 0 Å². The van der Waals surface area contributed by atoms with Crippen molar-refractivity contribution in [1.82, 2.24) is 5.32 Å². The molecule has 8 heteroatoms. The summed E-state index contributed by atoms with van der Waals surface area (Å²) in [5.41, 5.74) is 4.80. The first kappa shape index (κ1) is 17.5. The number of nitrogens with one attached hydrogen (secondary N) is 1. The van der Waals surface area contributed by atoms with Crippen molar-refractivity contribution in [2.75, 3.05) is 12.3 Å². The summed E-state index contributed by atoms with van der Waals surface area (Å²) in [6.07, 6.45) is -0.912. The maximum absolute atomic E-state index is 13.5. The molecule has 0 radical (unpaired) electrons. The summed E-state index contributed by atoms with van der Waals surface area (Å²) in [6, 6.07) is 2.53. The van der Waals surface area contributed by atoms with Gasteiger partial charge in [-0.15, -0.1) is 0 Å². The van der Waals surface area contributed by atoms with Gasteiger partial charge in [-0.2, -0.15) is 0 Å². The van der Waals surface area contributed by atoms with E-state index < -0.39 is 36.1 Å². The Hall–Kier alpha value is -2.51. The predicted molar refractivity (Wildman–Crippen MR) is 77.1 cm³/mol. The molecule has 0 spiro atoms. The Labute approximate surface area is 127 Å². The van der Waals surface area contributed by atoms with E-state index in [1.54, 1.807) is 20.8 Å². The van der Waals surface area contributed by atoms with Crippen LogP contribution in [0.5, 0.6) is 5.75 Å². The van der Waals surface area contributed by atoms with Crippen molar-refractivity contribution in [2.45, 2.75) is 32.4 Å². The quantitative estimate of drug-likeness (QED) is 0.714. The zero-order valence-electron chi connectivity index (χ0n) is 12.6. The van der Waals surface area contributed by atoms with Gasteiger partial charge in [0.05, 0.1) is 5.69 Å². The average Bonchev–Trinajstić information content (AvgIpc) is 2.34. The van der Waals surface area contributed by atoms with Crippen LogP contribution in [0.1, 0.15) is 20.8 Å². The fourth-order valence-corrected chi connectivity index (χ4v) is 1.47. The highest BCUT2D eigenvalue weighted by Gasteiger charge is 2.25. The Balaban J connectivity index is 2.70. The Morgan fingerprint density at radius 2 is 2.05 bits per heavy atom. The van der Waals surface area contributed by atoms with Crippen molar-refractivity contribution in [2.24, 2.45) is 0 Å². The molecule has 0 aliphatic rings. The van der Waals surface area contributed by atoms with Crippen LogP contribution >= 0.6 is 0 Å². The highest BCUT2D eigenvalue weighted by atomic mass is 19.1. The molecule has 122 valence electrons. The van der Waals surface area contributed by atoms with Gasteiger partial charge in [-0.3, -0.25) is 0 Å².